The van der Waals surface area contributed by atoms with E-state index in [2.05, 4.69) is 10.6 Å². The largest absolute Gasteiger partial charge is 0.494 e. The second-order valence-electron chi connectivity index (χ2n) is 5.24. The highest BCUT2D eigenvalue weighted by Crippen LogP contribution is 2.13. The molecule has 0 saturated heterocycles. The predicted molar refractivity (Wildman–Crippen MR) is 93.3 cm³/mol. The fourth-order valence-corrected chi connectivity index (χ4v) is 2.16. The summed E-state index contributed by atoms with van der Waals surface area (Å²) in [5.74, 6) is 0.896. The van der Waals surface area contributed by atoms with E-state index >= 15 is 0 Å². The molecule has 6 nitrogen and oxygen atoms in total. The van der Waals surface area contributed by atoms with Gasteiger partial charge in [0.15, 0.2) is 5.84 Å². The Morgan fingerprint density at radius 3 is 2.13 bits per heavy atom. The highest BCUT2D eigenvalue weighted by Gasteiger charge is 1.99. The van der Waals surface area contributed by atoms with E-state index in [1.807, 2.05) is 12.1 Å². The number of nitrogens with one attached hydrogen (secondary N) is 1. The summed E-state index contributed by atoms with van der Waals surface area (Å²) in [4.78, 5) is 0. The Bertz CT molecular complexity index is 422. The van der Waals surface area contributed by atoms with Gasteiger partial charge in [0, 0.05) is 12.1 Å². The molecule has 0 heterocycles. The van der Waals surface area contributed by atoms with Gasteiger partial charge in [0.25, 0.3) is 0 Å². The summed E-state index contributed by atoms with van der Waals surface area (Å²) in [6, 6.07) is 7.18. The molecular weight excluding hydrogens is 294 g/mol. The first kappa shape index (κ1) is 21.2. The number of unbranched alkanes of at least 4 members (excludes halogenated alkanes) is 6. The van der Waals surface area contributed by atoms with E-state index in [-0.39, 0.29) is 13.3 Å². The smallest absolute Gasteiger partial charge is 0.170 e. The molecule has 0 radical (unpaired) electrons. The van der Waals surface area contributed by atoms with Crippen LogP contribution in [0.4, 0.5) is 0 Å². The third-order valence-corrected chi connectivity index (χ3v) is 3.46. The van der Waals surface area contributed by atoms with Gasteiger partial charge >= 0.3 is 0 Å². The number of amidine groups is 1. The van der Waals surface area contributed by atoms with Gasteiger partial charge in [-0.3, -0.25) is 0 Å². The fraction of sp³-hybridized carbons (Fsp3) is 0.588. The summed E-state index contributed by atoms with van der Waals surface area (Å²) < 4.78 is 5.65. The number of nitrogens with zero attached hydrogens (tertiary/aromatic N) is 1. The van der Waals surface area contributed by atoms with Crippen LogP contribution in [0, 0.1) is 0 Å². The van der Waals surface area contributed by atoms with Crippen molar-refractivity contribution >= 4 is 5.84 Å². The molecule has 0 spiro atoms. The second-order valence-corrected chi connectivity index (χ2v) is 5.24. The van der Waals surface area contributed by atoms with Crippen LogP contribution < -0.4 is 16.0 Å². The highest BCUT2D eigenvalue weighted by molar-refractivity contribution is 5.97. The molecule has 0 fully saturated rings. The molecule has 0 atom stereocenters. The molecule has 23 heavy (non-hydrogen) atoms. The first-order valence-electron chi connectivity index (χ1n) is 7.85. The Balaban J connectivity index is 0.00000484. The first-order chi connectivity index (χ1) is 10.8. The number of ether oxygens (including phenoxy) is 1. The Kier molecular flexibility index (Phi) is 12.8. The topological polar surface area (TPSA) is 100 Å². The summed E-state index contributed by atoms with van der Waals surface area (Å²) in [5.41, 5.74) is 8.34. The predicted octanol–water partition coefficient (Wildman–Crippen LogP) is 3.51. The Morgan fingerprint density at radius 2 is 1.57 bits per heavy atom. The van der Waals surface area contributed by atoms with Gasteiger partial charge in [-0.1, -0.05) is 44.7 Å². The van der Waals surface area contributed by atoms with Crippen molar-refractivity contribution in [2.75, 3.05) is 13.2 Å². The zero-order chi connectivity index (χ0) is 16.0. The average molecular weight is 325 g/mol. The zero-order valence-corrected chi connectivity index (χ0v) is 13.0. The van der Waals surface area contributed by atoms with Gasteiger partial charge in [-0.05, 0) is 37.1 Å². The van der Waals surface area contributed by atoms with Crippen molar-refractivity contribution in [3.05, 3.63) is 29.8 Å². The van der Waals surface area contributed by atoms with Crippen LogP contribution >= 0.6 is 0 Å². The highest BCUT2D eigenvalue weighted by atomic mass is 16.5. The number of hydroxylamine groups is 1. The van der Waals surface area contributed by atoms with Crippen molar-refractivity contribution in [3.8, 4) is 5.75 Å². The third-order valence-electron chi connectivity index (χ3n) is 3.46. The fourth-order valence-electron chi connectivity index (χ4n) is 2.16. The number of hydrogen-bond acceptors (Lipinski definition) is 5. The van der Waals surface area contributed by atoms with Crippen LogP contribution in [0.25, 0.3) is 0 Å². The van der Waals surface area contributed by atoms with Crippen molar-refractivity contribution in [1.29, 1.82) is 0 Å². The maximum atomic E-state index is 8.58. The molecule has 1 rings (SSSR count). The minimum atomic E-state index is 0. The molecular formula is C17H31N3O3. The van der Waals surface area contributed by atoms with E-state index in [1.54, 1.807) is 12.1 Å². The van der Waals surface area contributed by atoms with Gasteiger partial charge in [-0.2, -0.15) is 0 Å². The monoisotopic (exact) mass is 325 g/mol. The van der Waals surface area contributed by atoms with Crippen LogP contribution in [-0.4, -0.2) is 29.4 Å². The van der Waals surface area contributed by atoms with Crippen LogP contribution in [-0.2, 0) is 0 Å². The van der Waals surface area contributed by atoms with Crippen molar-refractivity contribution in [2.45, 2.75) is 52.4 Å². The molecule has 0 unspecified atom stereocenters. The molecule has 0 saturated carbocycles. The normalized spacial score (nSPS) is 11.1. The van der Waals surface area contributed by atoms with E-state index in [0.717, 1.165) is 25.0 Å². The zero-order valence-electron chi connectivity index (χ0n) is 13.0. The minimum absolute atomic E-state index is 0. The summed E-state index contributed by atoms with van der Waals surface area (Å²) in [5, 5.41) is 20.0. The Hall–Kier alpha value is -1.79. The lowest BCUT2D eigenvalue weighted by Gasteiger charge is -2.07. The number of benzene rings is 1. The van der Waals surface area contributed by atoms with Crippen LogP contribution in [0.15, 0.2) is 29.4 Å². The minimum Gasteiger partial charge on any atom is -0.494 e. The molecule has 0 bridgehead atoms. The lowest BCUT2D eigenvalue weighted by atomic mass is 10.1. The van der Waals surface area contributed by atoms with Crippen molar-refractivity contribution < 1.29 is 15.2 Å². The summed E-state index contributed by atoms with van der Waals surface area (Å²) in [6.07, 6.45) is 8.08. The van der Waals surface area contributed by atoms with Crippen molar-refractivity contribution in [2.24, 2.45) is 10.9 Å². The van der Waals surface area contributed by atoms with Crippen LogP contribution in [0.2, 0.25) is 0 Å². The molecule has 6 heteroatoms. The molecule has 5 N–H and O–H groups in total. The Labute approximate surface area is 139 Å². The maximum absolute atomic E-state index is 8.58. The maximum Gasteiger partial charge on any atom is 0.170 e. The standard InChI is InChI=1S/C16H27N3O3.CH4/c17-16(19-21)14-8-10-15(11-9-14)22-13-7-5-3-1-2-4-6-12-18-20;/h8-11,18,20-21H,1-7,12-13H2,(H2,17,19);1H4. The summed E-state index contributed by atoms with van der Waals surface area (Å²) >= 11 is 0. The number of hydrogen-bond donors (Lipinski definition) is 4. The van der Waals surface area contributed by atoms with Gasteiger partial charge in [0.2, 0.25) is 0 Å². The van der Waals surface area contributed by atoms with E-state index in [1.165, 1.54) is 25.7 Å². The molecule has 0 aromatic heterocycles. The summed E-state index contributed by atoms with van der Waals surface area (Å²) in [6.45, 7) is 1.39. The van der Waals surface area contributed by atoms with Crippen LogP contribution in [0.3, 0.4) is 0 Å². The molecule has 0 aliphatic heterocycles. The molecule has 1 aromatic rings. The molecule has 132 valence electrons. The van der Waals surface area contributed by atoms with Gasteiger partial charge in [0.1, 0.15) is 5.75 Å². The number of rotatable bonds is 12. The van der Waals surface area contributed by atoms with E-state index < -0.39 is 0 Å². The van der Waals surface area contributed by atoms with Gasteiger partial charge in [-0.15, -0.1) is 0 Å². The average Bonchev–Trinajstić information content (AvgIpc) is 2.56. The number of nitrogens with two attached hydrogens (primary N) is 1. The molecule has 1 aromatic carbocycles. The quantitative estimate of drug-likeness (QED) is 0.155. The number of oxime groups is 1. The van der Waals surface area contributed by atoms with Gasteiger partial charge in [0.05, 0.1) is 6.61 Å². The van der Waals surface area contributed by atoms with Crippen LogP contribution in [0.5, 0.6) is 5.75 Å². The lowest BCUT2D eigenvalue weighted by Crippen LogP contribution is -2.12. The van der Waals surface area contributed by atoms with Gasteiger partial charge in [-0.25, -0.2) is 5.48 Å². The summed E-state index contributed by atoms with van der Waals surface area (Å²) in [7, 11) is 0. The van der Waals surface area contributed by atoms with Gasteiger partial charge < -0.3 is 20.9 Å². The SMILES string of the molecule is C.N/C(=N\O)c1ccc(OCCCCCCCCCNO)cc1. The lowest BCUT2D eigenvalue weighted by molar-refractivity contribution is 0.164. The molecule has 0 aliphatic carbocycles. The molecule has 0 aliphatic rings. The van der Waals surface area contributed by atoms with Crippen molar-refractivity contribution in [3.63, 3.8) is 0 Å². The second kappa shape index (κ2) is 13.8. The van der Waals surface area contributed by atoms with E-state index in [0.29, 0.717) is 18.7 Å². The molecule has 0 amide bonds. The van der Waals surface area contributed by atoms with E-state index in [4.69, 9.17) is 20.9 Å². The van der Waals surface area contributed by atoms with E-state index in [9.17, 15) is 0 Å². The van der Waals surface area contributed by atoms with Crippen LogP contribution in [0.1, 0.15) is 57.9 Å². The third kappa shape index (κ3) is 9.76. The first-order valence-corrected chi connectivity index (χ1v) is 7.85. The van der Waals surface area contributed by atoms with Crippen molar-refractivity contribution in [1.82, 2.24) is 5.48 Å². The Morgan fingerprint density at radius 1 is 1.00 bits per heavy atom.